The molecule has 1 unspecified atom stereocenters. The van der Waals surface area contributed by atoms with Crippen molar-refractivity contribution >= 4 is 17.9 Å². The normalized spacial score (nSPS) is 12.5. The van der Waals surface area contributed by atoms with Gasteiger partial charge < -0.3 is 5.11 Å². The van der Waals surface area contributed by atoms with Gasteiger partial charge in [-0.05, 0) is 5.92 Å². The molecule has 10 heavy (non-hydrogen) atoms. The van der Waals surface area contributed by atoms with Crippen LogP contribution >= 0.6 is 11.9 Å². The maximum atomic E-state index is 10.1. The largest absolute Gasteiger partial charge is 0.481 e. The molecule has 0 saturated heterocycles. The van der Waals surface area contributed by atoms with Crippen molar-refractivity contribution in [2.45, 2.75) is 13.3 Å². The summed E-state index contributed by atoms with van der Waals surface area (Å²) in [5.74, 6) is -0.338. The highest BCUT2D eigenvalue weighted by atomic mass is 32.2. The summed E-state index contributed by atoms with van der Waals surface area (Å²) in [6.45, 7) is 1.77. The minimum absolute atomic E-state index is 0.0141. The third kappa shape index (κ3) is 5.55. The van der Waals surface area contributed by atoms with Gasteiger partial charge >= 0.3 is 5.97 Å². The van der Waals surface area contributed by atoms with Gasteiger partial charge in [-0.25, -0.2) is 0 Å². The Labute approximate surface area is 63.1 Å². The lowest BCUT2D eigenvalue weighted by Crippen LogP contribution is -2.05. The number of hydrogen-bond acceptors (Lipinski definition) is 4. The van der Waals surface area contributed by atoms with Crippen LogP contribution in [0, 0.1) is 10.8 Å². The predicted octanol–water partition coefficient (Wildman–Crippen LogP) is 1.51. The van der Waals surface area contributed by atoms with Gasteiger partial charge in [-0.3, -0.25) is 4.79 Å². The minimum atomic E-state index is -0.834. The van der Waals surface area contributed by atoms with E-state index < -0.39 is 5.97 Å². The van der Waals surface area contributed by atoms with Gasteiger partial charge in [0.25, 0.3) is 0 Å². The molecule has 0 aliphatic heterocycles. The van der Waals surface area contributed by atoms with E-state index in [9.17, 15) is 9.70 Å². The first kappa shape index (κ1) is 9.42. The summed E-state index contributed by atoms with van der Waals surface area (Å²) in [4.78, 5) is 19.6. The van der Waals surface area contributed by atoms with Crippen LogP contribution < -0.4 is 0 Å². The van der Waals surface area contributed by atoms with Crippen LogP contribution in [-0.4, -0.2) is 16.8 Å². The molecule has 0 radical (unpaired) electrons. The van der Waals surface area contributed by atoms with Crippen molar-refractivity contribution in [2.24, 2.45) is 10.5 Å². The van der Waals surface area contributed by atoms with Crippen LogP contribution in [0.4, 0.5) is 0 Å². The molecule has 1 N–H and O–H groups in total. The Morgan fingerprint density at radius 1 is 1.80 bits per heavy atom. The minimum Gasteiger partial charge on any atom is -0.481 e. The van der Waals surface area contributed by atoms with Gasteiger partial charge in [0.15, 0.2) is 0 Å². The molecule has 0 bridgehead atoms. The van der Waals surface area contributed by atoms with Crippen LogP contribution in [0.25, 0.3) is 0 Å². The molecular formula is C5H9NO3S. The fourth-order valence-electron chi connectivity index (χ4n) is 0.515. The average Bonchev–Trinajstić information content (AvgIpc) is 1.82. The van der Waals surface area contributed by atoms with Crippen molar-refractivity contribution in [1.29, 1.82) is 0 Å². The zero-order valence-electron chi connectivity index (χ0n) is 5.61. The van der Waals surface area contributed by atoms with Gasteiger partial charge in [0.2, 0.25) is 0 Å². The smallest absolute Gasteiger partial charge is 0.303 e. The van der Waals surface area contributed by atoms with Crippen LogP contribution in [0.5, 0.6) is 0 Å². The van der Waals surface area contributed by atoms with Crippen LogP contribution in [0.3, 0.4) is 0 Å². The van der Waals surface area contributed by atoms with Crippen molar-refractivity contribution in [3.05, 3.63) is 4.91 Å². The molecule has 58 valence electrons. The van der Waals surface area contributed by atoms with Crippen LogP contribution in [-0.2, 0) is 4.79 Å². The quantitative estimate of drug-likeness (QED) is 0.492. The molecule has 0 aromatic carbocycles. The Morgan fingerprint density at radius 2 is 2.40 bits per heavy atom. The summed E-state index contributed by atoms with van der Waals surface area (Å²) < 4.78 is 2.56. The van der Waals surface area contributed by atoms with Gasteiger partial charge in [0.1, 0.15) is 0 Å². The number of aliphatic carboxylic acids is 1. The van der Waals surface area contributed by atoms with E-state index in [-0.39, 0.29) is 12.3 Å². The van der Waals surface area contributed by atoms with Crippen molar-refractivity contribution < 1.29 is 9.90 Å². The highest BCUT2D eigenvalue weighted by Crippen LogP contribution is 2.11. The predicted molar refractivity (Wildman–Crippen MR) is 39.7 cm³/mol. The summed E-state index contributed by atoms with van der Waals surface area (Å²) in [5, 5.41) is 8.27. The van der Waals surface area contributed by atoms with Gasteiger partial charge in [-0.2, -0.15) is 0 Å². The molecule has 5 heteroatoms. The first-order chi connectivity index (χ1) is 4.66. The fraction of sp³-hybridized carbons (Fsp3) is 0.800. The molecule has 0 aromatic rings. The van der Waals surface area contributed by atoms with Gasteiger partial charge in [0, 0.05) is 28.7 Å². The molecule has 0 spiro atoms. The number of rotatable bonds is 5. The molecule has 0 aliphatic carbocycles. The lowest BCUT2D eigenvalue weighted by molar-refractivity contribution is -0.137. The topological polar surface area (TPSA) is 66.7 Å². The lowest BCUT2D eigenvalue weighted by Gasteiger charge is -2.02. The summed E-state index contributed by atoms with van der Waals surface area (Å²) in [6.07, 6.45) is 0.0997. The van der Waals surface area contributed by atoms with E-state index >= 15 is 0 Å². The third-order valence-electron chi connectivity index (χ3n) is 0.935. The number of hydrogen-bond donors (Lipinski definition) is 1. The van der Waals surface area contributed by atoms with E-state index in [2.05, 4.69) is 4.58 Å². The monoisotopic (exact) mass is 163 g/mol. The average molecular weight is 163 g/mol. The second kappa shape index (κ2) is 5.22. The molecule has 0 heterocycles. The maximum Gasteiger partial charge on any atom is 0.303 e. The van der Waals surface area contributed by atoms with E-state index in [1.165, 1.54) is 0 Å². The summed E-state index contributed by atoms with van der Waals surface area (Å²) in [5.41, 5.74) is 0. The number of nitroso groups, excluding NO2 is 1. The Hall–Kier alpha value is -0.580. The number of carbonyl (C=O) groups is 1. The second-order valence-corrected chi connectivity index (χ2v) is 2.81. The molecule has 4 nitrogen and oxygen atoms in total. The first-order valence-corrected chi connectivity index (χ1v) is 3.77. The van der Waals surface area contributed by atoms with Crippen LogP contribution in [0.2, 0.25) is 0 Å². The highest BCUT2D eigenvalue weighted by Gasteiger charge is 2.06. The van der Waals surface area contributed by atoms with E-state index in [4.69, 9.17) is 5.11 Å². The Morgan fingerprint density at radius 3 is 2.80 bits per heavy atom. The molecule has 0 fully saturated rings. The SMILES string of the molecule is CC(CSN=O)CC(=O)O. The van der Waals surface area contributed by atoms with Crippen molar-refractivity contribution in [1.82, 2.24) is 0 Å². The molecule has 0 aliphatic rings. The number of carboxylic acid groups (broad SMARTS) is 1. The first-order valence-electron chi connectivity index (χ1n) is 2.83. The number of carboxylic acids is 1. The van der Waals surface area contributed by atoms with Gasteiger partial charge in [-0.15, -0.1) is 4.91 Å². The third-order valence-corrected chi connectivity index (χ3v) is 1.76. The molecule has 0 amide bonds. The zero-order chi connectivity index (χ0) is 7.98. The Balaban J connectivity index is 3.33. The van der Waals surface area contributed by atoms with E-state index in [1.54, 1.807) is 6.92 Å². The standard InChI is InChI=1S/C5H9NO3S/c1-4(2-5(7)8)3-10-6-9/h4H,2-3H2,1H3,(H,7,8). The summed E-state index contributed by atoms with van der Waals surface area (Å²) in [6, 6.07) is 0. The molecule has 0 aromatic heterocycles. The second-order valence-electron chi connectivity index (χ2n) is 2.07. The van der Waals surface area contributed by atoms with Crippen LogP contribution in [0.15, 0.2) is 4.58 Å². The molecule has 0 saturated carbocycles. The molecular weight excluding hydrogens is 154 g/mol. The van der Waals surface area contributed by atoms with Crippen molar-refractivity contribution in [2.75, 3.05) is 5.75 Å². The Bertz CT molecular complexity index is 128. The van der Waals surface area contributed by atoms with Crippen molar-refractivity contribution in [3.63, 3.8) is 0 Å². The maximum absolute atomic E-state index is 10.1. The van der Waals surface area contributed by atoms with Crippen LogP contribution in [0.1, 0.15) is 13.3 Å². The summed E-state index contributed by atoms with van der Waals surface area (Å²) in [7, 11) is 0. The van der Waals surface area contributed by atoms with E-state index in [0.29, 0.717) is 5.75 Å². The zero-order valence-corrected chi connectivity index (χ0v) is 6.43. The van der Waals surface area contributed by atoms with E-state index in [0.717, 1.165) is 11.9 Å². The Kier molecular flexibility index (Phi) is 4.92. The fourth-order valence-corrected chi connectivity index (χ4v) is 0.948. The number of nitrogens with zero attached hydrogens (tertiary/aromatic N) is 1. The highest BCUT2D eigenvalue weighted by molar-refractivity contribution is 7.97. The van der Waals surface area contributed by atoms with Gasteiger partial charge in [0.05, 0.1) is 0 Å². The summed E-state index contributed by atoms with van der Waals surface area (Å²) >= 11 is 0.864. The van der Waals surface area contributed by atoms with E-state index in [1.807, 2.05) is 0 Å². The lowest BCUT2D eigenvalue weighted by atomic mass is 10.1. The van der Waals surface area contributed by atoms with Gasteiger partial charge in [-0.1, -0.05) is 6.92 Å². The molecule has 1 atom stereocenters. The van der Waals surface area contributed by atoms with Crippen molar-refractivity contribution in [3.8, 4) is 0 Å². The molecule has 0 rings (SSSR count).